The Kier molecular flexibility index (Phi) is 3.52. The topological polar surface area (TPSA) is 38.8 Å². The van der Waals surface area contributed by atoms with Crippen molar-refractivity contribution < 1.29 is 14.3 Å². The van der Waals surface area contributed by atoms with Gasteiger partial charge < -0.3 is 9.47 Å². The van der Waals surface area contributed by atoms with Gasteiger partial charge in [0.1, 0.15) is 11.5 Å². The smallest absolute Gasteiger partial charge is 0.264 e. The molecule has 4 heteroatoms. The molecule has 0 aliphatic carbocycles. The van der Waals surface area contributed by atoms with Crippen molar-refractivity contribution in [3.05, 3.63) is 54.1 Å². The summed E-state index contributed by atoms with van der Waals surface area (Å²) >= 11 is 0. The number of anilines is 1. The molecule has 0 aromatic heterocycles. The second-order valence-corrected chi connectivity index (χ2v) is 4.82. The molecular weight excluding hydrogens is 266 g/mol. The van der Waals surface area contributed by atoms with Crippen LogP contribution in [0.15, 0.2) is 48.5 Å². The Hall–Kier alpha value is -2.49. The third kappa shape index (κ3) is 2.44. The highest BCUT2D eigenvalue weighted by Crippen LogP contribution is 2.31. The number of carbonyl (C=O) groups excluding carboxylic acids is 1. The van der Waals surface area contributed by atoms with Crippen molar-refractivity contribution in [3.63, 3.8) is 0 Å². The fourth-order valence-electron chi connectivity index (χ4n) is 2.47. The van der Waals surface area contributed by atoms with Gasteiger partial charge in [0.25, 0.3) is 5.91 Å². The maximum absolute atomic E-state index is 12.7. The number of hydrogen-bond donors (Lipinski definition) is 0. The Labute approximate surface area is 123 Å². The van der Waals surface area contributed by atoms with E-state index >= 15 is 0 Å². The van der Waals surface area contributed by atoms with Crippen LogP contribution in [0.3, 0.4) is 0 Å². The van der Waals surface area contributed by atoms with Crippen LogP contribution < -0.4 is 14.4 Å². The third-order valence-electron chi connectivity index (χ3n) is 3.42. The highest BCUT2D eigenvalue weighted by Gasteiger charge is 2.31. The van der Waals surface area contributed by atoms with Crippen LogP contribution in [0.1, 0.15) is 24.2 Å². The van der Waals surface area contributed by atoms with E-state index in [1.54, 1.807) is 11.0 Å². The number of fused-ring (bicyclic) bond motifs is 1. The Balaban J connectivity index is 1.93. The van der Waals surface area contributed by atoms with Gasteiger partial charge in [0.15, 0.2) is 6.23 Å². The van der Waals surface area contributed by atoms with Gasteiger partial charge in [-0.3, -0.25) is 9.69 Å². The molecule has 1 amide bonds. The molecule has 2 aromatic carbocycles. The van der Waals surface area contributed by atoms with Crippen LogP contribution in [0.25, 0.3) is 0 Å². The lowest BCUT2D eigenvalue weighted by Crippen LogP contribution is -2.45. The van der Waals surface area contributed by atoms with E-state index < -0.39 is 0 Å². The summed E-state index contributed by atoms with van der Waals surface area (Å²) in [5.74, 6) is 1.38. The van der Waals surface area contributed by atoms with E-state index in [-0.39, 0.29) is 12.1 Å². The summed E-state index contributed by atoms with van der Waals surface area (Å²) in [5.41, 5.74) is 1.38. The molecule has 3 rings (SSSR count). The van der Waals surface area contributed by atoms with E-state index in [2.05, 4.69) is 0 Å². The van der Waals surface area contributed by atoms with Crippen molar-refractivity contribution in [2.45, 2.75) is 20.1 Å². The van der Waals surface area contributed by atoms with Crippen LogP contribution in [-0.4, -0.2) is 18.7 Å². The molecule has 1 aliphatic heterocycles. The maximum Gasteiger partial charge on any atom is 0.264 e. The van der Waals surface area contributed by atoms with Crippen molar-refractivity contribution in [3.8, 4) is 11.5 Å². The summed E-state index contributed by atoms with van der Waals surface area (Å²) in [7, 11) is 0. The molecule has 21 heavy (non-hydrogen) atoms. The number of amides is 1. The first-order valence-corrected chi connectivity index (χ1v) is 7.03. The monoisotopic (exact) mass is 283 g/mol. The molecule has 1 aliphatic rings. The first-order chi connectivity index (χ1) is 10.2. The van der Waals surface area contributed by atoms with Crippen LogP contribution in [-0.2, 0) is 0 Å². The molecule has 2 aromatic rings. The molecule has 1 unspecified atom stereocenters. The number of benzene rings is 2. The van der Waals surface area contributed by atoms with Crippen LogP contribution >= 0.6 is 0 Å². The zero-order valence-electron chi connectivity index (χ0n) is 12.1. The molecule has 108 valence electrons. The van der Waals surface area contributed by atoms with E-state index in [1.807, 2.05) is 56.3 Å². The van der Waals surface area contributed by atoms with Gasteiger partial charge in [-0.2, -0.15) is 0 Å². The largest absolute Gasteiger partial charge is 0.494 e. The normalized spacial score (nSPS) is 17.1. The van der Waals surface area contributed by atoms with Crippen molar-refractivity contribution in [2.75, 3.05) is 11.5 Å². The number of hydrogen-bond acceptors (Lipinski definition) is 3. The lowest BCUT2D eigenvalue weighted by atomic mass is 10.1. The van der Waals surface area contributed by atoms with Crippen molar-refractivity contribution in [1.29, 1.82) is 0 Å². The number of para-hydroxylation sites is 1. The minimum atomic E-state index is -0.342. The zero-order valence-corrected chi connectivity index (χ0v) is 12.1. The maximum atomic E-state index is 12.7. The average molecular weight is 283 g/mol. The van der Waals surface area contributed by atoms with Crippen LogP contribution in [0, 0.1) is 0 Å². The molecule has 1 heterocycles. The standard InChI is InChI=1S/C17H17NO3/c1-3-20-14-10-8-13(9-11-14)18-12(2)21-16-7-5-4-6-15(16)17(18)19/h4-12H,3H2,1-2H3. The molecule has 4 nitrogen and oxygen atoms in total. The Bertz CT molecular complexity index is 651. The lowest BCUT2D eigenvalue weighted by Gasteiger charge is -2.34. The molecule has 1 atom stereocenters. The molecular formula is C17H17NO3. The van der Waals surface area contributed by atoms with Crippen molar-refractivity contribution in [2.24, 2.45) is 0 Å². The summed E-state index contributed by atoms with van der Waals surface area (Å²) in [5, 5.41) is 0. The average Bonchev–Trinajstić information content (AvgIpc) is 2.49. The first kappa shape index (κ1) is 13.5. The van der Waals surface area contributed by atoms with Crippen LogP contribution in [0.2, 0.25) is 0 Å². The van der Waals surface area contributed by atoms with Crippen molar-refractivity contribution >= 4 is 11.6 Å². The van der Waals surface area contributed by atoms with E-state index in [0.29, 0.717) is 17.9 Å². The van der Waals surface area contributed by atoms with Gasteiger partial charge in [-0.1, -0.05) is 12.1 Å². The molecule has 0 saturated carbocycles. The fraction of sp³-hybridized carbons (Fsp3) is 0.235. The predicted octanol–water partition coefficient (Wildman–Crippen LogP) is 3.47. The summed E-state index contributed by atoms with van der Waals surface area (Å²) in [6.45, 7) is 4.42. The van der Waals surface area contributed by atoms with Gasteiger partial charge in [-0.15, -0.1) is 0 Å². The molecule has 0 saturated heterocycles. The summed E-state index contributed by atoms with van der Waals surface area (Å²) < 4.78 is 11.2. The zero-order chi connectivity index (χ0) is 14.8. The highest BCUT2D eigenvalue weighted by molar-refractivity contribution is 6.09. The molecule has 0 N–H and O–H groups in total. The molecule has 0 radical (unpaired) electrons. The fourth-order valence-corrected chi connectivity index (χ4v) is 2.47. The van der Waals surface area contributed by atoms with Gasteiger partial charge in [-0.25, -0.2) is 0 Å². The second-order valence-electron chi connectivity index (χ2n) is 4.82. The van der Waals surface area contributed by atoms with Crippen molar-refractivity contribution in [1.82, 2.24) is 0 Å². The predicted molar refractivity (Wildman–Crippen MR) is 81.0 cm³/mol. The third-order valence-corrected chi connectivity index (χ3v) is 3.42. The first-order valence-electron chi connectivity index (χ1n) is 7.03. The Morgan fingerprint density at radius 2 is 1.86 bits per heavy atom. The highest BCUT2D eigenvalue weighted by atomic mass is 16.5. The number of nitrogens with zero attached hydrogens (tertiary/aromatic N) is 1. The summed E-state index contributed by atoms with van der Waals surface area (Å²) in [4.78, 5) is 14.3. The van der Waals surface area contributed by atoms with Gasteiger partial charge in [-0.05, 0) is 50.2 Å². The molecule has 0 bridgehead atoms. The van der Waals surface area contributed by atoms with Crippen LogP contribution in [0.5, 0.6) is 11.5 Å². The molecule has 0 fully saturated rings. The van der Waals surface area contributed by atoms with Gasteiger partial charge in [0.2, 0.25) is 0 Å². The Morgan fingerprint density at radius 3 is 2.57 bits per heavy atom. The second kappa shape index (κ2) is 5.48. The van der Waals surface area contributed by atoms with Gasteiger partial charge in [0.05, 0.1) is 12.2 Å². The minimum absolute atomic E-state index is 0.0477. The van der Waals surface area contributed by atoms with E-state index in [4.69, 9.17) is 9.47 Å². The van der Waals surface area contributed by atoms with E-state index in [0.717, 1.165) is 11.4 Å². The summed E-state index contributed by atoms with van der Waals surface area (Å²) in [6.07, 6.45) is -0.342. The van der Waals surface area contributed by atoms with Gasteiger partial charge in [0, 0.05) is 5.69 Å². The molecule has 0 spiro atoms. The van der Waals surface area contributed by atoms with Gasteiger partial charge >= 0.3 is 0 Å². The van der Waals surface area contributed by atoms with Crippen LogP contribution in [0.4, 0.5) is 5.69 Å². The quantitative estimate of drug-likeness (QED) is 0.865. The lowest BCUT2D eigenvalue weighted by molar-refractivity contribution is 0.0877. The SMILES string of the molecule is CCOc1ccc(N2C(=O)c3ccccc3OC2C)cc1. The number of rotatable bonds is 3. The number of carbonyl (C=O) groups is 1. The number of ether oxygens (including phenoxy) is 2. The van der Waals surface area contributed by atoms with E-state index in [1.165, 1.54) is 0 Å². The summed E-state index contributed by atoms with van der Waals surface area (Å²) in [6, 6.07) is 14.8. The minimum Gasteiger partial charge on any atom is -0.494 e. The van der Waals surface area contributed by atoms with E-state index in [9.17, 15) is 4.79 Å². The Morgan fingerprint density at radius 1 is 1.14 bits per heavy atom.